The second kappa shape index (κ2) is 14.1. The van der Waals surface area contributed by atoms with Crippen molar-refractivity contribution in [2.75, 3.05) is 4.90 Å². The molecule has 6 heteroatoms. The molecule has 0 amide bonds. The second-order valence-electron chi connectivity index (χ2n) is 16.9. The molecule has 2 fully saturated rings. The highest BCUT2D eigenvalue weighted by Gasteiger charge is 2.65. The van der Waals surface area contributed by atoms with E-state index in [1.54, 1.807) is 0 Å². The number of allylic oxidation sites excluding steroid dienone is 11. The molecule has 4 aliphatic carbocycles. The second-order valence-corrected chi connectivity index (χ2v) is 17.4. The summed E-state index contributed by atoms with van der Waals surface area (Å²) in [6.07, 6.45) is 31.3. The van der Waals surface area contributed by atoms with Crippen molar-refractivity contribution >= 4 is 30.1 Å². The molecule has 11 rings (SSSR count). The SMILES string of the molecule is C=C1/C(=C\[C@H](C)C2=C(S)C=CCC2)N2c3ccccc3C3(C4=CCCC=C4N(C4=NC(c5ccccc5)N=C(c5ccccc5)N4)C4C=CC=CC43)C3C=CC[C@H]1C32. The van der Waals surface area contributed by atoms with Gasteiger partial charge in [0.05, 0.1) is 6.04 Å². The van der Waals surface area contributed by atoms with E-state index in [0.29, 0.717) is 5.92 Å². The fraction of sp³-hybridized carbons (Fsp3) is 0.269. The molecule has 8 aliphatic rings. The van der Waals surface area contributed by atoms with Crippen LogP contribution in [0.5, 0.6) is 0 Å². The molecule has 4 heterocycles. The number of para-hydroxylation sites is 1. The topological polar surface area (TPSA) is 43.2 Å². The zero-order valence-electron chi connectivity index (χ0n) is 33.0. The summed E-state index contributed by atoms with van der Waals surface area (Å²) >= 11 is 4.93. The first-order valence-corrected chi connectivity index (χ1v) is 21.6. The molecule has 288 valence electrons. The van der Waals surface area contributed by atoms with Crippen LogP contribution in [0.25, 0.3) is 0 Å². The molecular weight excluding hydrogens is 727 g/mol. The summed E-state index contributed by atoms with van der Waals surface area (Å²) in [5.74, 6) is 2.62. The third-order valence-electron chi connectivity index (χ3n) is 14.0. The van der Waals surface area contributed by atoms with Gasteiger partial charge >= 0.3 is 0 Å². The Morgan fingerprint density at radius 2 is 1.62 bits per heavy atom. The van der Waals surface area contributed by atoms with E-state index in [4.69, 9.17) is 29.2 Å². The zero-order chi connectivity index (χ0) is 39.0. The summed E-state index contributed by atoms with van der Waals surface area (Å²) in [5.41, 5.74) is 11.2. The molecule has 2 saturated heterocycles. The molecular formula is C52H49N5S. The number of likely N-dealkylation sites (tertiary alicyclic amines) is 1. The van der Waals surface area contributed by atoms with Gasteiger partial charge in [-0.25, -0.2) is 9.98 Å². The predicted molar refractivity (Wildman–Crippen MR) is 241 cm³/mol. The van der Waals surface area contributed by atoms with Crippen LogP contribution in [0.1, 0.15) is 61.9 Å². The van der Waals surface area contributed by atoms with Crippen molar-refractivity contribution in [1.29, 1.82) is 0 Å². The number of rotatable bonds is 4. The van der Waals surface area contributed by atoms with Crippen molar-refractivity contribution in [3.63, 3.8) is 0 Å². The van der Waals surface area contributed by atoms with Crippen LogP contribution in [-0.4, -0.2) is 28.8 Å². The Hall–Kier alpha value is -5.59. The van der Waals surface area contributed by atoms with Gasteiger partial charge in [0, 0.05) is 56.8 Å². The Balaban J connectivity index is 1.08. The average Bonchev–Trinajstić information content (AvgIpc) is 3.56. The van der Waals surface area contributed by atoms with E-state index >= 15 is 0 Å². The summed E-state index contributed by atoms with van der Waals surface area (Å²) in [7, 11) is 0. The highest BCUT2D eigenvalue weighted by atomic mass is 32.1. The van der Waals surface area contributed by atoms with Gasteiger partial charge in [-0.1, -0.05) is 159 Å². The Labute approximate surface area is 348 Å². The number of nitrogens with one attached hydrogen (secondary N) is 1. The molecule has 3 aromatic carbocycles. The number of guanidine groups is 1. The number of fused-ring (bicyclic) bond motifs is 8. The Bertz CT molecular complexity index is 2510. The Morgan fingerprint density at radius 1 is 0.845 bits per heavy atom. The van der Waals surface area contributed by atoms with E-state index in [1.807, 2.05) is 0 Å². The van der Waals surface area contributed by atoms with Gasteiger partial charge in [0.15, 0.2) is 6.17 Å². The number of piperidine rings is 1. The maximum absolute atomic E-state index is 5.48. The van der Waals surface area contributed by atoms with E-state index in [0.717, 1.165) is 59.9 Å². The lowest BCUT2D eigenvalue weighted by Crippen LogP contribution is -2.66. The molecule has 5 nitrogen and oxygen atoms in total. The van der Waals surface area contributed by atoms with Gasteiger partial charge in [0.25, 0.3) is 0 Å². The van der Waals surface area contributed by atoms with Crippen molar-refractivity contribution < 1.29 is 0 Å². The third kappa shape index (κ3) is 5.30. The van der Waals surface area contributed by atoms with Gasteiger partial charge in [0.2, 0.25) is 5.96 Å². The molecule has 1 spiro atoms. The molecule has 58 heavy (non-hydrogen) atoms. The van der Waals surface area contributed by atoms with Gasteiger partial charge < -0.3 is 15.1 Å². The molecule has 0 bridgehead atoms. The number of nitrogens with zero attached hydrogens (tertiary/aromatic N) is 4. The molecule has 8 atom stereocenters. The van der Waals surface area contributed by atoms with Gasteiger partial charge in [-0.2, -0.15) is 0 Å². The van der Waals surface area contributed by atoms with Crippen LogP contribution in [0.4, 0.5) is 5.69 Å². The minimum atomic E-state index is -0.371. The van der Waals surface area contributed by atoms with Crippen LogP contribution in [-0.2, 0) is 5.41 Å². The maximum atomic E-state index is 5.48. The fourth-order valence-electron chi connectivity index (χ4n) is 11.6. The van der Waals surface area contributed by atoms with E-state index < -0.39 is 0 Å². The number of hydrogen-bond donors (Lipinski definition) is 2. The minimum absolute atomic E-state index is 0.0115. The number of hydrogen-bond acceptors (Lipinski definition) is 6. The van der Waals surface area contributed by atoms with Gasteiger partial charge in [-0.05, 0) is 71.9 Å². The van der Waals surface area contributed by atoms with E-state index in [2.05, 4.69) is 174 Å². The standard InChI is InChI=1S/C52H49N5S/c1-33(37-22-9-16-31-47(37)58)32-46-34(2)38-23-17-27-42-48(38)56(46)43-28-13-10-24-39(43)52(42)40-25-11-14-29-44(40)57(45-30-15-12-26-41(45)52)51-54-49(35-18-5-3-6-19-35)53-50(55-51)36-20-7-4-8-21-36/h3-8,10-11,13-14,16-21,24-33,38,40,42,44,48-49,58H,2,9,12,15,22-23H2,1H3,(H,53,54,55)/b46-32+/t33-,38+,40?,42?,44?,48?,49?,52?/m0/s1. The van der Waals surface area contributed by atoms with Gasteiger partial charge in [0.1, 0.15) is 5.84 Å². The first-order valence-electron chi connectivity index (χ1n) is 21.2. The van der Waals surface area contributed by atoms with Gasteiger partial charge in [-0.3, -0.25) is 0 Å². The molecule has 0 radical (unpaired) electrons. The monoisotopic (exact) mass is 775 g/mol. The van der Waals surface area contributed by atoms with Crippen molar-refractivity contribution in [1.82, 2.24) is 10.2 Å². The van der Waals surface area contributed by atoms with E-state index in [1.165, 1.54) is 39.4 Å². The summed E-state index contributed by atoms with van der Waals surface area (Å²) in [6, 6.07) is 30.6. The predicted octanol–water partition coefficient (Wildman–Crippen LogP) is 11.1. The van der Waals surface area contributed by atoms with Crippen LogP contribution < -0.4 is 10.2 Å². The smallest absolute Gasteiger partial charge is 0.207 e. The lowest BCUT2D eigenvalue weighted by atomic mass is 9.48. The molecule has 6 unspecified atom stereocenters. The first kappa shape index (κ1) is 35.6. The zero-order valence-corrected chi connectivity index (χ0v) is 33.8. The van der Waals surface area contributed by atoms with Crippen molar-refractivity contribution in [2.45, 2.75) is 62.7 Å². The fourth-order valence-corrected chi connectivity index (χ4v) is 12.0. The number of benzene rings is 3. The quantitative estimate of drug-likeness (QED) is 0.205. The van der Waals surface area contributed by atoms with E-state index in [9.17, 15) is 0 Å². The van der Waals surface area contributed by atoms with Crippen LogP contribution in [0, 0.1) is 23.7 Å². The number of aliphatic imine (C=N–C) groups is 2. The largest absolute Gasteiger partial charge is 0.337 e. The summed E-state index contributed by atoms with van der Waals surface area (Å²) in [4.78, 5) is 17.1. The molecule has 4 aliphatic heterocycles. The summed E-state index contributed by atoms with van der Waals surface area (Å²) < 4.78 is 0. The lowest BCUT2D eigenvalue weighted by Gasteiger charge is -2.63. The van der Waals surface area contributed by atoms with Crippen LogP contribution >= 0.6 is 12.6 Å². The Kier molecular flexibility index (Phi) is 8.62. The minimum Gasteiger partial charge on any atom is -0.337 e. The highest BCUT2D eigenvalue weighted by molar-refractivity contribution is 7.84. The normalized spacial score (nSPS) is 31.5. The van der Waals surface area contributed by atoms with Gasteiger partial charge in [-0.15, -0.1) is 12.6 Å². The molecule has 3 aromatic rings. The third-order valence-corrected chi connectivity index (χ3v) is 14.4. The van der Waals surface area contributed by atoms with Crippen molar-refractivity contribution in [3.05, 3.63) is 208 Å². The Morgan fingerprint density at radius 3 is 2.47 bits per heavy atom. The number of amidine groups is 1. The average molecular weight is 776 g/mol. The molecule has 1 N–H and O–H groups in total. The van der Waals surface area contributed by atoms with Crippen LogP contribution in [0.3, 0.4) is 0 Å². The summed E-state index contributed by atoms with van der Waals surface area (Å²) in [6.45, 7) is 7.27. The highest BCUT2D eigenvalue weighted by Crippen LogP contribution is 2.66. The van der Waals surface area contributed by atoms with E-state index in [-0.39, 0.29) is 41.4 Å². The summed E-state index contributed by atoms with van der Waals surface area (Å²) in [5, 5.41) is 3.80. The van der Waals surface area contributed by atoms with Crippen LogP contribution in [0.2, 0.25) is 0 Å². The molecule has 0 saturated carbocycles. The van der Waals surface area contributed by atoms with Crippen LogP contribution in [0.15, 0.2) is 201 Å². The molecule has 0 aromatic heterocycles. The number of anilines is 1. The van der Waals surface area contributed by atoms with Crippen molar-refractivity contribution in [2.24, 2.45) is 33.7 Å². The lowest BCUT2D eigenvalue weighted by molar-refractivity contribution is 0.138. The van der Waals surface area contributed by atoms with Crippen molar-refractivity contribution in [3.8, 4) is 0 Å². The number of thiol groups is 1. The maximum Gasteiger partial charge on any atom is 0.207 e. The first-order chi connectivity index (χ1) is 28.5.